The lowest BCUT2D eigenvalue weighted by Crippen LogP contribution is -2.48. The number of aryl methyl sites for hydroxylation is 1. The van der Waals surface area contributed by atoms with Crippen molar-refractivity contribution in [1.29, 1.82) is 0 Å². The third-order valence-corrected chi connectivity index (χ3v) is 6.42. The predicted octanol–water partition coefficient (Wildman–Crippen LogP) is 4.87. The maximum atomic E-state index is 13.7. The second kappa shape index (κ2) is 8.78. The van der Waals surface area contributed by atoms with Crippen LogP contribution in [0.15, 0.2) is 30.6 Å². The molecule has 2 aromatic heterocycles. The quantitative estimate of drug-likeness (QED) is 0.541. The summed E-state index contributed by atoms with van der Waals surface area (Å²) in [6.07, 6.45) is 3.38. The van der Waals surface area contributed by atoms with E-state index in [1.54, 1.807) is 0 Å². The molecule has 174 valence electrons. The van der Waals surface area contributed by atoms with Crippen LogP contribution in [0.1, 0.15) is 47.9 Å². The minimum atomic E-state index is -3.35. The molecule has 2 fully saturated rings. The molecule has 1 aliphatic heterocycles. The van der Waals surface area contributed by atoms with Gasteiger partial charge >= 0.3 is 6.01 Å². The number of hydrogen-bond acceptors (Lipinski definition) is 7. The molecule has 0 unspecified atom stereocenters. The number of anilines is 2. The molecule has 0 radical (unpaired) electrons. The monoisotopic (exact) mass is 478 g/mol. The van der Waals surface area contributed by atoms with Crippen molar-refractivity contribution in [3.63, 3.8) is 0 Å². The lowest BCUT2D eigenvalue weighted by Gasteiger charge is -2.38. The summed E-state index contributed by atoms with van der Waals surface area (Å²) < 4.78 is 75.9. The van der Waals surface area contributed by atoms with Gasteiger partial charge in [-0.1, -0.05) is 11.6 Å². The number of ether oxygens (including phenoxy) is 1. The van der Waals surface area contributed by atoms with Gasteiger partial charge in [0, 0.05) is 45.2 Å². The zero-order valence-electron chi connectivity index (χ0n) is 24.8. The van der Waals surface area contributed by atoms with E-state index >= 15 is 0 Å². The summed E-state index contributed by atoms with van der Waals surface area (Å²) in [5, 5.41) is 7.13. The Bertz CT molecular complexity index is 1370. The van der Waals surface area contributed by atoms with Crippen LogP contribution < -0.4 is 15.0 Å². The molecule has 33 heavy (non-hydrogen) atoms. The average molecular weight is 479 g/mol. The number of nitrogens with one attached hydrogen (secondary N) is 1. The molecule has 2 bridgehead atoms. The van der Waals surface area contributed by atoms with Crippen LogP contribution in [-0.4, -0.2) is 43.9 Å². The highest BCUT2D eigenvalue weighted by molar-refractivity contribution is 6.30. The molecule has 1 saturated heterocycles. The largest absolute Gasteiger partial charge is 0.424 e. The number of aromatic nitrogens is 5. The molecule has 1 aliphatic carbocycles. The highest BCUT2D eigenvalue weighted by Crippen LogP contribution is 2.40. The highest BCUT2D eigenvalue weighted by Gasteiger charge is 2.43. The van der Waals surface area contributed by atoms with Crippen LogP contribution in [0.3, 0.4) is 0 Å². The van der Waals surface area contributed by atoms with Gasteiger partial charge in [0.05, 0.1) is 12.4 Å². The van der Waals surface area contributed by atoms with Gasteiger partial charge in [0.2, 0.25) is 5.95 Å². The van der Waals surface area contributed by atoms with Crippen molar-refractivity contribution in [2.45, 2.75) is 45.5 Å². The van der Waals surface area contributed by atoms with Crippen LogP contribution in [0.25, 0.3) is 0 Å². The van der Waals surface area contributed by atoms with E-state index < -0.39 is 31.5 Å². The smallest absolute Gasteiger partial charge is 0.322 e. The fourth-order valence-electron chi connectivity index (χ4n) is 4.62. The Balaban J connectivity index is 1.47. The van der Waals surface area contributed by atoms with E-state index in [0.717, 1.165) is 36.5 Å². The Hall–Kier alpha value is -2.94. The van der Waals surface area contributed by atoms with E-state index in [2.05, 4.69) is 30.3 Å². The first-order valence-corrected chi connectivity index (χ1v) is 11.0. The van der Waals surface area contributed by atoms with Crippen LogP contribution in [-0.2, 0) is 0 Å². The molecule has 5 rings (SSSR count). The number of fused-ring (bicyclic) bond motifs is 2. The molecule has 0 amide bonds. The summed E-state index contributed by atoms with van der Waals surface area (Å²) in [6, 6.07) is 1.42. The number of nitrogens with zero attached hydrogens (tertiary/aromatic N) is 6. The van der Waals surface area contributed by atoms with Gasteiger partial charge in [0.25, 0.3) is 0 Å². The van der Waals surface area contributed by atoms with Crippen LogP contribution in [0.5, 0.6) is 11.8 Å². The van der Waals surface area contributed by atoms with Gasteiger partial charge in [-0.25, -0.2) is 19.0 Å². The third kappa shape index (κ3) is 4.46. The minimum absolute atomic E-state index is 0.0430. The maximum Gasteiger partial charge on any atom is 0.322 e. The van der Waals surface area contributed by atoms with Crippen molar-refractivity contribution in [3.05, 3.63) is 47.1 Å². The molecule has 0 spiro atoms. The molecule has 1 N–H and O–H groups in total. The summed E-state index contributed by atoms with van der Waals surface area (Å²) >= 11 is 5.85. The molecule has 3 heterocycles. The second-order valence-electron chi connectivity index (χ2n) is 8.35. The molecule has 3 atom stereocenters. The Morgan fingerprint density at radius 1 is 1.24 bits per heavy atom. The van der Waals surface area contributed by atoms with Gasteiger partial charge < -0.3 is 15.0 Å². The van der Waals surface area contributed by atoms with Crippen LogP contribution >= 0.6 is 11.6 Å². The topological polar surface area (TPSA) is 81.0 Å². The minimum Gasteiger partial charge on any atom is -0.424 e. The normalized spacial score (nSPS) is 26.3. The predicted molar refractivity (Wildman–Crippen MR) is 124 cm³/mol. The van der Waals surface area contributed by atoms with Crippen molar-refractivity contribution in [2.75, 3.05) is 23.3 Å². The van der Waals surface area contributed by atoms with E-state index in [0.29, 0.717) is 17.8 Å². The molecule has 8 nitrogen and oxygen atoms in total. The standard InChI is InChI=1S/C23H27ClFN7O/c1-13(2)32-23(33-17-6-7-19(25)18(24)9-17)29-22(30-32)28-21-15-4-5-16(21)11-31(10-15)20-8-14(3)26-12-27-20/h6-9,12-13,15-16,21H,4-5,10-11H2,1-3H3,(H,28,30)/t15-,16+,21+/i1D3,2D3,13D. The van der Waals surface area contributed by atoms with Gasteiger partial charge in [-0.3, -0.25) is 0 Å². The number of hydrogen-bond donors (Lipinski definition) is 1. The van der Waals surface area contributed by atoms with Crippen LogP contribution in [0.2, 0.25) is 5.02 Å². The molecular formula is C23H27ClFN7O. The van der Waals surface area contributed by atoms with Gasteiger partial charge in [0.1, 0.15) is 23.7 Å². The van der Waals surface area contributed by atoms with E-state index in [1.165, 1.54) is 12.4 Å². The molecule has 2 aliphatic rings. The van der Waals surface area contributed by atoms with E-state index in [4.69, 9.17) is 25.9 Å². The Morgan fingerprint density at radius 3 is 2.73 bits per heavy atom. The van der Waals surface area contributed by atoms with Gasteiger partial charge in [0.15, 0.2) is 0 Å². The van der Waals surface area contributed by atoms with Gasteiger partial charge in [-0.05, 0) is 57.4 Å². The first-order valence-electron chi connectivity index (χ1n) is 14.1. The first kappa shape index (κ1) is 15.1. The summed E-state index contributed by atoms with van der Waals surface area (Å²) in [5.41, 5.74) is 0.865. The number of halogens is 2. The molecule has 3 aromatic rings. The zero-order valence-corrected chi connectivity index (χ0v) is 18.6. The van der Waals surface area contributed by atoms with Crippen molar-refractivity contribution in [3.8, 4) is 11.8 Å². The SMILES string of the molecule is [2H]C([2H])([2H])C([2H])(n1nc(N[C@H]2[C@@H]3CC[C@H]2CN(c2cc(C)ncn2)C3)nc1Oc1ccc(F)c(Cl)c1)C([2H])([2H])[2H]. The van der Waals surface area contributed by atoms with E-state index in [-0.39, 0.29) is 34.6 Å². The summed E-state index contributed by atoms with van der Waals surface area (Å²) in [6.45, 7) is -3.38. The van der Waals surface area contributed by atoms with Crippen molar-refractivity contribution in [1.82, 2.24) is 24.7 Å². The van der Waals surface area contributed by atoms with Crippen molar-refractivity contribution >= 4 is 23.4 Å². The summed E-state index contributed by atoms with van der Waals surface area (Å²) in [7, 11) is 0. The molecule has 10 heteroatoms. The van der Waals surface area contributed by atoms with Gasteiger partial charge in [-0.2, -0.15) is 4.98 Å². The zero-order chi connectivity index (χ0) is 29.0. The Labute approximate surface area is 207 Å². The van der Waals surface area contributed by atoms with Crippen LogP contribution in [0.4, 0.5) is 16.2 Å². The number of rotatable bonds is 6. The highest BCUT2D eigenvalue weighted by atomic mass is 35.5. The first-order chi connectivity index (χ1) is 18.7. The van der Waals surface area contributed by atoms with Crippen LogP contribution in [0, 0.1) is 24.6 Å². The second-order valence-corrected chi connectivity index (χ2v) is 8.75. The van der Waals surface area contributed by atoms with Gasteiger partial charge in [-0.15, -0.1) is 5.10 Å². The molecule has 1 saturated carbocycles. The number of benzene rings is 1. The fourth-order valence-corrected chi connectivity index (χ4v) is 4.79. The molecule has 1 aromatic carbocycles. The average Bonchev–Trinajstić information content (AvgIpc) is 3.34. The van der Waals surface area contributed by atoms with Crippen molar-refractivity contribution < 1.29 is 18.7 Å². The van der Waals surface area contributed by atoms with E-state index in [1.807, 2.05) is 13.0 Å². The van der Waals surface area contributed by atoms with Crippen molar-refractivity contribution in [2.24, 2.45) is 11.8 Å². The molecular weight excluding hydrogens is 445 g/mol. The van der Waals surface area contributed by atoms with E-state index in [9.17, 15) is 4.39 Å². The lowest BCUT2D eigenvalue weighted by molar-refractivity contribution is 0.373. The Kier molecular flexibility index (Phi) is 4.00. The number of piperidine rings is 1. The Morgan fingerprint density at radius 2 is 2.03 bits per heavy atom. The summed E-state index contributed by atoms with van der Waals surface area (Å²) in [5.74, 6) is 0.351. The maximum absolute atomic E-state index is 13.7. The lowest BCUT2D eigenvalue weighted by atomic mass is 9.92. The third-order valence-electron chi connectivity index (χ3n) is 6.13. The summed E-state index contributed by atoms with van der Waals surface area (Å²) in [4.78, 5) is 15.0. The fraction of sp³-hybridized carbons (Fsp3) is 0.478.